The molecule has 0 aliphatic rings. The molecule has 2 aromatic rings. The molecule has 0 unspecified atom stereocenters. The van der Waals surface area contributed by atoms with Crippen molar-refractivity contribution in [3.63, 3.8) is 0 Å². The smallest absolute Gasteiger partial charge is 0.364 e. The van der Waals surface area contributed by atoms with Gasteiger partial charge < -0.3 is 4.74 Å². The minimum atomic E-state index is -4.32. The van der Waals surface area contributed by atoms with Gasteiger partial charge in [-0.2, -0.15) is 18.3 Å². The van der Waals surface area contributed by atoms with Crippen molar-refractivity contribution in [1.82, 2.24) is 15.2 Å². The standard InChI is InChI=1S/C9H8F3N3OS/c10-9(11,12)5-16-4-7-13-8(15-14-7)6-2-1-3-17-6/h1-3H,4-5H2,(H,13,14,15). The molecule has 2 aromatic heterocycles. The molecule has 0 aliphatic carbocycles. The third kappa shape index (κ3) is 3.53. The van der Waals surface area contributed by atoms with Crippen molar-refractivity contribution in [3.8, 4) is 10.7 Å². The largest absolute Gasteiger partial charge is 0.411 e. The van der Waals surface area contributed by atoms with E-state index in [1.807, 2.05) is 17.5 Å². The lowest BCUT2D eigenvalue weighted by atomic mass is 10.4. The van der Waals surface area contributed by atoms with Gasteiger partial charge in [-0.15, -0.1) is 11.3 Å². The van der Waals surface area contributed by atoms with Crippen LogP contribution in [0.25, 0.3) is 10.7 Å². The van der Waals surface area contributed by atoms with Crippen LogP contribution >= 0.6 is 11.3 Å². The number of rotatable bonds is 4. The van der Waals surface area contributed by atoms with Crippen molar-refractivity contribution in [2.75, 3.05) is 6.61 Å². The Kier molecular flexibility index (Phi) is 3.43. The maximum absolute atomic E-state index is 11.8. The second kappa shape index (κ2) is 4.84. The number of nitrogens with zero attached hydrogens (tertiary/aromatic N) is 2. The van der Waals surface area contributed by atoms with Crippen LogP contribution in [0, 0.1) is 0 Å². The number of alkyl halides is 3. The Bertz CT molecular complexity index is 466. The summed E-state index contributed by atoms with van der Waals surface area (Å²) in [5, 5.41) is 8.29. The summed E-state index contributed by atoms with van der Waals surface area (Å²) in [4.78, 5) is 4.87. The molecule has 2 heterocycles. The molecule has 0 amide bonds. The minimum Gasteiger partial charge on any atom is -0.364 e. The molecule has 4 nitrogen and oxygen atoms in total. The van der Waals surface area contributed by atoms with Gasteiger partial charge in [-0.05, 0) is 11.4 Å². The Labute approximate surface area is 98.5 Å². The zero-order valence-electron chi connectivity index (χ0n) is 8.49. The summed E-state index contributed by atoms with van der Waals surface area (Å²) in [5.74, 6) is 0.739. The molecule has 2 rings (SSSR count). The fourth-order valence-electron chi connectivity index (χ4n) is 1.14. The van der Waals surface area contributed by atoms with Crippen molar-refractivity contribution >= 4 is 11.3 Å². The van der Waals surface area contributed by atoms with Gasteiger partial charge in [0.05, 0.1) is 4.88 Å². The van der Waals surface area contributed by atoms with E-state index in [-0.39, 0.29) is 12.4 Å². The summed E-state index contributed by atoms with van der Waals surface area (Å²) in [6.45, 7) is -1.53. The molecule has 0 saturated heterocycles. The summed E-state index contributed by atoms with van der Waals surface area (Å²) in [6.07, 6.45) is -4.32. The Morgan fingerprint density at radius 1 is 1.41 bits per heavy atom. The normalized spacial score (nSPS) is 11.9. The molecule has 0 saturated carbocycles. The van der Waals surface area contributed by atoms with E-state index >= 15 is 0 Å². The van der Waals surface area contributed by atoms with Crippen LogP contribution in [0.5, 0.6) is 0 Å². The van der Waals surface area contributed by atoms with E-state index in [1.54, 1.807) is 0 Å². The number of ether oxygens (including phenoxy) is 1. The first-order chi connectivity index (χ1) is 8.04. The lowest BCUT2D eigenvalue weighted by Crippen LogP contribution is -2.16. The third-order valence-corrected chi connectivity index (χ3v) is 2.64. The first kappa shape index (κ1) is 12.1. The van der Waals surface area contributed by atoms with E-state index in [4.69, 9.17) is 0 Å². The summed E-state index contributed by atoms with van der Waals surface area (Å²) in [7, 11) is 0. The monoisotopic (exact) mass is 263 g/mol. The highest BCUT2D eigenvalue weighted by Crippen LogP contribution is 2.20. The highest BCUT2D eigenvalue weighted by Gasteiger charge is 2.27. The quantitative estimate of drug-likeness (QED) is 0.922. The Hall–Kier alpha value is -1.41. The predicted octanol–water partition coefficient (Wildman–Crippen LogP) is 2.61. The van der Waals surface area contributed by atoms with E-state index < -0.39 is 12.8 Å². The van der Waals surface area contributed by atoms with E-state index in [0.29, 0.717) is 5.82 Å². The Morgan fingerprint density at radius 2 is 2.24 bits per heavy atom. The number of nitrogens with one attached hydrogen (secondary N) is 1. The fraction of sp³-hybridized carbons (Fsp3) is 0.333. The Balaban J connectivity index is 1.91. The fourth-order valence-corrected chi connectivity index (χ4v) is 1.80. The zero-order valence-corrected chi connectivity index (χ0v) is 9.31. The summed E-state index contributed by atoms with van der Waals surface area (Å²) in [5.41, 5.74) is 0. The number of halogens is 3. The van der Waals surface area contributed by atoms with Crippen LogP contribution in [0.2, 0.25) is 0 Å². The van der Waals surface area contributed by atoms with Gasteiger partial charge in [0.25, 0.3) is 0 Å². The van der Waals surface area contributed by atoms with Gasteiger partial charge in [0.1, 0.15) is 13.2 Å². The zero-order chi connectivity index (χ0) is 12.3. The predicted molar refractivity (Wildman–Crippen MR) is 55.4 cm³/mol. The van der Waals surface area contributed by atoms with Crippen molar-refractivity contribution in [2.24, 2.45) is 0 Å². The molecule has 0 atom stereocenters. The van der Waals surface area contributed by atoms with Gasteiger partial charge in [-0.1, -0.05) is 6.07 Å². The lowest BCUT2D eigenvalue weighted by Gasteiger charge is -2.05. The molecular weight excluding hydrogens is 255 g/mol. The average Bonchev–Trinajstić information content (AvgIpc) is 2.83. The number of aromatic nitrogens is 3. The van der Waals surface area contributed by atoms with Gasteiger partial charge in [-0.3, -0.25) is 5.10 Å². The van der Waals surface area contributed by atoms with Gasteiger partial charge in [0.2, 0.25) is 0 Å². The minimum absolute atomic E-state index is 0.238. The van der Waals surface area contributed by atoms with Crippen LogP contribution in [-0.2, 0) is 11.3 Å². The first-order valence-electron chi connectivity index (χ1n) is 4.64. The van der Waals surface area contributed by atoms with Gasteiger partial charge in [0, 0.05) is 0 Å². The van der Waals surface area contributed by atoms with Crippen LogP contribution < -0.4 is 0 Å². The topological polar surface area (TPSA) is 50.8 Å². The van der Waals surface area contributed by atoms with Gasteiger partial charge in [0.15, 0.2) is 11.6 Å². The summed E-state index contributed by atoms with van der Waals surface area (Å²) in [6, 6.07) is 3.67. The SMILES string of the molecule is FC(F)(F)COCc1nc(-c2cccs2)n[nH]1. The molecule has 17 heavy (non-hydrogen) atoms. The van der Waals surface area contributed by atoms with Crippen molar-refractivity contribution in [3.05, 3.63) is 23.3 Å². The van der Waals surface area contributed by atoms with E-state index in [1.165, 1.54) is 11.3 Å². The maximum atomic E-state index is 11.8. The van der Waals surface area contributed by atoms with Crippen LogP contribution in [0.4, 0.5) is 13.2 Å². The number of thiophene rings is 1. The molecule has 0 radical (unpaired) electrons. The van der Waals surface area contributed by atoms with Gasteiger partial charge in [-0.25, -0.2) is 4.98 Å². The van der Waals surface area contributed by atoms with Crippen molar-refractivity contribution in [2.45, 2.75) is 12.8 Å². The van der Waals surface area contributed by atoms with Crippen molar-refractivity contribution in [1.29, 1.82) is 0 Å². The summed E-state index contributed by atoms with van der Waals surface area (Å²) < 4.78 is 39.9. The summed E-state index contributed by atoms with van der Waals surface area (Å²) >= 11 is 1.45. The second-order valence-corrected chi connectivity index (χ2v) is 4.14. The van der Waals surface area contributed by atoms with E-state index in [9.17, 15) is 13.2 Å². The molecule has 8 heteroatoms. The van der Waals surface area contributed by atoms with E-state index in [0.717, 1.165) is 4.88 Å². The molecule has 0 fully saturated rings. The maximum Gasteiger partial charge on any atom is 0.411 e. The molecule has 0 bridgehead atoms. The third-order valence-electron chi connectivity index (χ3n) is 1.78. The number of aromatic amines is 1. The second-order valence-electron chi connectivity index (χ2n) is 3.19. The Morgan fingerprint density at radius 3 is 2.88 bits per heavy atom. The van der Waals surface area contributed by atoms with Crippen LogP contribution in [0.3, 0.4) is 0 Å². The molecule has 0 aliphatic heterocycles. The van der Waals surface area contributed by atoms with Crippen LogP contribution in [-0.4, -0.2) is 28.0 Å². The number of H-pyrrole nitrogens is 1. The number of hydrogen-bond donors (Lipinski definition) is 1. The van der Waals surface area contributed by atoms with E-state index in [2.05, 4.69) is 19.9 Å². The lowest BCUT2D eigenvalue weighted by molar-refractivity contribution is -0.177. The molecular formula is C9H8F3N3OS. The van der Waals surface area contributed by atoms with Crippen LogP contribution in [0.1, 0.15) is 5.82 Å². The van der Waals surface area contributed by atoms with Gasteiger partial charge >= 0.3 is 6.18 Å². The highest BCUT2D eigenvalue weighted by molar-refractivity contribution is 7.13. The van der Waals surface area contributed by atoms with Crippen molar-refractivity contribution < 1.29 is 17.9 Å². The molecule has 1 N–H and O–H groups in total. The highest BCUT2D eigenvalue weighted by atomic mass is 32.1. The van der Waals surface area contributed by atoms with Crippen LogP contribution in [0.15, 0.2) is 17.5 Å². The molecule has 92 valence electrons. The molecule has 0 spiro atoms. The molecule has 0 aromatic carbocycles. The number of hydrogen-bond acceptors (Lipinski definition) is 4. The first-order valence-corrected chi connectivity index (χ1v) is 5.52. The average molecular weight is 263 g/mol.